The van der Waals surface area contributed by atoms with E-state index < -0.39 is 0 Å². The summed E-state index contributed by atoms with van der Waals surface area (Å²) < 4.78 is 15.0. The summed E-state index contributed by atoms with van der Waals surface area (Å²) in [7, 11) is 0. The molecule has 1 atom stereocenters. The first kappa shape index (κ1) is 21.9. The number of hydrogen-bond donors (Lipinski definition) is 1. The first-order valence-corrected chi connectivity index (χ1v) is 9.75. The highest BCUT2D eigenvalue weighted by atomic mass is 35.5. The van der Waals surface area contributed by atoms with Crippen molar-refractivity contribution in [1.29, 1.82) is 0 Å². The van der Waals surface area contributed by atoms with Gasteiger partial charge in [-0.2, -0.15) is 5.10 Å². The molecule has 6 nitrogen and oxygen atoms in total. The van der Waals surface area contributed by atoms with E-state index in [-0.39, 0.29) is 36.6 Å². The van der Waals surface area contributed by atoms with Gasteiger partial charge in [0.2, 0.25) is 5.91 Å². The second kappa shape index (κ2) is 9.36. The van der Waals surface area contributed by atoms with Crippen molar-refractivity contribution in [2.24, 2.45) is 0 Å². The summed E-state index contributed by atoms with van der Waals surface area (Å²) in [5, 5.41) is 7.95. The molecule has 30 heavy (non-hydrogen) atoms. The van der Waals surface area contributed by atoms with E-state index in [1.165, 1.54) is 12.1 Å². The van der Waals surface area contributed by atoms with Gasteiger partial charge >= 0.3 is 0 Å². The fourth-order valence-corrected chi connectivity index (χ4v) is 3.89. The molecular weight excluding hydrogens is 405 g/mol. The maximum atomic E-state index is 13.3. The molecule has 2 aromatic heterocycles. The number of rotatable bonds is 4. The number of aryl methyl sites for hydroxylation is 1. The van der Waals surface area contributed by atoms with Crippen molar-refractivity contribution in [1.82, 2.24) is 25.0 Å². The van der Waals surface area contributed by atoms with Crippen molar-refractivity contribution in [3.63, 3.8) is 0 Å². The Labute approximate surface area is 181 Å². The standard InChI is InChI=1S/C22H24FN5O.ClH/c1-15-20(16(2)28(26-15)19-7-5-18(23)6-8-19)12-22(29)27-11-10-25-14-21(27)17-4-3-9-24-13-17;/h3-9,13,21,25H,10-12,14H2,1-2H3;1H. The number of hydrogen-bond acceptors (Lipinski definition) is 4. The molecular formula is C22H25ClFN5O. The van der Waals surface area contributed by atoms with Gasteiger partial charge in [-0.15, -0.1) is 12.4 Å². The fourth-order valence-electron chi connectivity index (χ4n) is 3.89. The topological polar surface area (TPSA) is 63.1 Å². The van der Waals surface area contributed by atoms with Crippen molar-refractivity contribution < 1.29 is 9.18 Å². The van der Waals surface area contributed by atoms with Crippen LogP contribution in [0.3, 0.4) is 0 Å². The molecule has 0 saturated carbocycles. The van der Waals surface area contributed by atoms with E-state index in [1.54, 1.807) is 23.0 Å². The Kier molecular flexibility index (Phi) is 6.84. The fraction of sp³-hybridized carbons (Fsp3) is 0.318. The summed E-state index contributed by atoms with van der Waals surface area (Å²) in [5.41, 5.74) is 4.44. The van der Waals surface area contributed by atoms with Crippen molar-refractivity contribution in [3.8, 4) is 5.69 Å². The monoisotopic (exact) mass is 429 g/mol. The Morgan fingerprint density at radius 3 is 2.70 bits per heavy atom. The number of carbonyl (C=O) groups is 1. The van der Waals surface area contributed by atoms with E-state index in [0.717, 1.165) is 34.7 Å². The summed E-state index contributed by atoms with van der Waals surface area (Å²) in [4.78, 5) is 19.4. The van der Waals surface area contributed by atoms with Gasteiger partial charge in [-0.25, -0.2) is 9.07 Å². The Balaban J connectivity index is 0.00000256. The quantitative estimate of drug-likeness (QED) is 0.692. The van der Waals surface area contributed by atoms with Crippen LogP contribution in [-0.4, -0.2) is 45.2 Å². The molecule has 4 rings (SSSR count). The highest BCUT2D eigenvalue weighted by molar-refractivity contribution is 5.85. The lowest BCUT2D eigenvalue weighted by atomic mass is 10.0. The van der Waals surface area contributed by atoms with Gasteiger partial charge in [0.05, 0.1) is 23.8 Å². The van der Waals surface area contributed by atoms with E-state index in [4.69, 9.17) is 0 Å². The summed E-state index contributed by atoms with van der Waals surface area (Å²) in [6, 6.07) is 10.1. The third kappa shape index (κ3) is 4.37. The van der Waals surface area contributed by atoms with Crippen molar-refractivity contribution in [3.05, 3.63) is 77.1 Å². The Morgan fingerprint density at radius 1 is 1.23 bits per heavy atom. The summed E-state index contributed by atoms with van der Waals surface area (Å²) in [5.74, 6) is -0.212. The van der Waals surface area contributed by atoms with Gasteiger partial charge in [-0.1, -0.05) is 6.07 Å². The molecule has 0 aliphatic carbocycles. The van der Waals surface area contributed by atoms with Crippen LogP contribution in [-0.2, 0) is 11.2 Å². The lowest BCUT2D eigenvalue weighted by Crippen LogP contribution is -2.49. The SMILES string of the molecule is Cc1nn(-c2ccc(F)cc2)c(C)c1CC(=O)N1CCNCC1c1cccnc1.Cl. The van der Waals surface area contributed by atoms with Crippen molar-refractivity contribution in [2.45, 2.75) is 26.3 Å². The van der Waals surface area contributed by atoms with E-state index in [0.29, 0.717) is 13.1 Å². The molecule has 1 unspecified atom stereocenters. The zero-order chi connectivity index (χ0) is 20.4. The minimum Gasteiger partial charge on any atom is -0.333 e. The smallest absolute Gasteiger partial charge is 0.227 e. The molecule has 1 fully saturated rings. The average Bonchev–Trinajstić information content (AvgIpc) is 3.03. The van der Waals surface area contributed by atoms with Crippen LogP contribution in [0.25, 0.3) is 5.69 Å². The molecule has 3 heterocycles. The number of pyridine rings is 1. The highest BCUT2D eigenvalue weighted by Crippen LogP contribution is 2.24. The summed E-state index contributed by atoms with van der Waals surface area (Å²) in [6.07, 6.45) is 3.85. The molecule has 1 aromatic carbocycles. The average molecular weight is 430 g/mol. The molecule has 0 spiro atoms. The van der Waals surface area contributed by atoms with Crippen LogP contribution in [0.5, 0.6) is 0 Å². The third-order valence-corrected chi connectivity index (χ3v) is 5.47. The second-order valence-corrected chi connectivity index (χ2v) is 7.31. The molecule has 0 bridgehead atoms. The van der Waals surface area contributed by atoms with Crippen LogP contribution in [0.2, 0.25) is 0 Å². The number of carbonyl (C=O) groups excluding carboxylic acids is 1. The lowest BCUT2D eigenvalue weighted by Gasteiger charge is -2.36. The van der Waals surface area contributed by atoms with Gasteiger partial charge in [-0.3, -0.25) is 9.78 Å². The van der Waals surface area contributed by atoms with Gasteiger partial charge < -0.3 is 10.2 Å². The van der Waals surface area contributed by atoms with Gasteiger partial charge in [0.15, 0.2) is 0 Å². The van der Waals surface area contributed by atoms with Crippen molar-refractivity contribution >= 4 is 18.3 Å². The zero-order valence-corrected chi connectivity index (χ0v) is 17.8. The Hall–Kier alpha value is -2.77. The van der Waals surface area contributed by atoms with Crippen LogP contribution in [0.15, 0.2) is 48.8 Å². The van der Waals surface area contributed by atoms with Crippen LogP contribution in [0.4, 0.5) is 4.39 Å². The number of aromatic nitrogens is 3. The Bertz CT molecular complexity index is 1010. The molecule has 1 aliphatic rings. The summed E-state index contributed by atoms with van der Waals surface area (Å²) in [6.45, 7) is 6.00. The molecule has 1 amide bonds. The van der Waals surface area contributed by atoms with Gasteiger partial charge in [0, 0.05) is 43.3 Å². The Morgan fingerprint density at radius 2 is 2.00 bits per heavy atom. The largest absolute Gasteiger partial charge is 0.333 e. The maximum Gasteiger partial charge on any atom is 0.227 e. The van der Waals surface area contributed by atoms with E-state index in [1.807, 2.05) is 37.1 Å². The molecule has 3 aromatic rings. The van der Waals surface area contributed by atoms with Crippen LogP contribution in [0, 0.1) is 19.7 Å². The number of benzene rings is 1. The maximum absolute atomic E-state index is 13.3. The van der Waals surface area contributed by atoms with Crippen molar-refractivity contribution in [2.75, 3.05) is 19.6 Å². The van der Waals surface area contributed by atoms with E-state index in [2.05, 4.69) is 15.4 Å². The molecule has 0 radical (unpaired) electrons. The molecule has 1 aliphatic heterocycles. The molecule has 1 saturated heterocycles. The third-order valence-electron chi connectivity index (χ3n) is 5.47. The van der Waals surface area contributed by atoms with E-state index >= 15 is 0 Å². The van der Waals surface area contributed by atoms with Gasteiger partial charge in [0.25, 0.3) is 0 Å². The predicted molar refractivity (Wildman–Crippen MR) is 116 cm³/mol. The number of nitrogens with zero attached hydrogens (tertiary/aromatic N) is 4. The second-order valence-electron chi connectivity index (χ2n) is 7.31. The molecule has 8 heteroatoms. The van der Waals surface area contributed by atoms with Gasteiger partial charge in [0.1, 0.15) is 5.82 Å². The lowest BCUT2D eigenvalue weighted by molar-refractivity contribution is -0.133. The normalized spacial score (nSPS) is 16.2. The predicted octanol–water partition coefficient (Wildman–Crippen LogP) is 3.16. The number of nitrogens with one attached hydrogen (secondary N) is 1. The zero-order valence-electron chi connectivity index (χ0n) is 17.0. The van der Waals surface area contributed by atoms with Crippen LogP contribution < -0.4 is 5.32 Å². The van der Waals surface area contributed by atoms with Crippen LogP contribution >= 0.6 is 12.4 Å². The van der Waals surface area contributed by atoms with Crippen LogP contribution in [0.1, 0.15) is 28.6 Å². The highest BCUT2D eigenvalue weighted by Gasteiger charge is 2.29. The molecule has 1 N–H and O–H groups in total. The van der Waals surface area contributed by atoms with E-state index in [9.17, 15) is 9.18 Å². The number of halogens is 2. The molecule has 158 valence electrons. The first-order chi connectivity index (χ1) is 14.0. The van der Waals surface area contributed by atoms with Gasteiger partial charge in [-0.05, 0) is 49.7 Å². The number of amides is 1. The minimum absolute atomic E-state index is 0. The summed E-state index contributed by atoms with van der Waals surface area (Å²) >= 11 is 0. The first-order valence-electron chi connectivity index (χ1n) is 9.75. The number of piperazine rings is 1. The minimum atomic E-state index is -0.286.